The molecular weight excluding hydrogens is 170 g/mol. The number of carboxylic acids is 1. The van der Waals surface area contributed by atoms with Crippen LogP contribution in [0.5, 0.6) is 0 Å². The average Bonchev–Trinajstić information content (AvgIpc) is 2.53. The van der Waals surface area contributed by atoms with Gasteiger partial charge in [-0.25, -0.2) is 4.79 Å². The highest BCUT2D eigenvalue weighted by Gasteiger charge is 2.07. The number of carbonyl (C=O) groups is 1. The Labute approximate surface area is 76.6 Å². The molecular formula is C9H13NO3. The lowest BCUT2D eigenvalue weighted by Crippen LogP contribution is -2.13. The van der Waals surface area contributed by atoms with Gasteiger partial charge < -0.3 is 14.8 Å². The predicted octanol–water partition coefficient (Wildman–Crippen LogP) is 1.48. The van der Waals surface area contributed by atoms with Crippen LogP contribution in [0.25, 0.3) is 0 Å². The molecule has 0 aliphatic heterocycles. The summed E-state index contributed by atoms with van der Waals surface area (Å²) in [6.07, 6.45) is 1.05. The van der Waals surface area contributed by atoms with Crippen molar-refractivity contribution in [1.29, 1.82) is 0 Å². The van der Waals surface area contributed by atoms with E-state index in [1.807, 2.05) is 0 Å². The number of nitrogens with one attached hydrogen (secondary N) is 1. The van der Waals surface area contributed by atoms with Gasteiger partial charge in [0.05, 0.1) is 6.54 Å². The van der Waals surface area contributed by atoms with Crippen molar-refractivity contribution in [3.05, 3.63) is 23.7 Å². The highest BCUT2D eigenvalue weighted by molar-refractivity contribution is 5.84. The molecule has 0 spiro atoms. The van der Waals surface area contributed by atoms with Crippen molar-refractivity contribution in [2.45, 2.75) is 19.9 Å². The quantitative estimate of drug-likeness (QED) is 0.679. The topological polar surface area (TPSA) is 62.5 Å². The summed E-state index contributed by atoms with van der Waals surface area (Å²) in [6.45, 7) is 3.56. The number of hydrogen-bond donors (Lipinski definition) is 2. The number of aromatic carboxylic acids is 1. The first-order chi connectivity index (χ1) is 6.24. The van der Waals surface area contributed by atoms with Crippen LogP contribution in [0.1, 0.15) is 29.7 Å². The average molecular weight is 183 g/mol. The van der Waals surface area contributed by atoms with E-state index in [4.69, 9.17) is 9.52 Å². The van der Waals surface area contributed by atoms with Crippen molar-refractivity contribution in [3.63, 3.8) is 0 Å². The third kappa shape index (κ3) is 2.91. The van der Waals surface area contributed by atoms with Crippen LogP contribution in [0.4, 0.5) is 0 Å². The molecule has 0 unspecified atom stereocenters. The van der Waals surface area contributed by atoms with E-state index in [1.54, 1.807) is 6.07 Å². The highest BCUT2D eigenvalue weighted by atomic mass is 16.4. The Morgan fingerprint density at radius 2 is 2.38 bits per heavy atom. The Kier molecular flexibility index (Phi) is 3.52. The fourth-order valence-corrected chi connectivity index (χ4v) is 0.976. The molecule has 0 amide bonds. The van der Waals surface area contributed by atoms with E-state index in [9.17, 15) is 4.79 Å². The van der Waals surface area contributed by atoms with Crippen LogP contribution in [0, 0.1) is 0 Å². The number of hydrogen-bond acceptors (Lipinski definition) is 3. The van der Waals surface area contributed by atoms with E-state index in [0.29, 0.717) is 12.3 Å². The Morgan fingerprint density at radius 1 is 1.62 bits per heavy atom. The van der Waals surface area contributed by atoms with Crippen LogP contribution >= 0.6 is 0 Å². The lowest BCUT2D eigenvalue weighted by molar-refractivity contribution is 0.0660. The number of carboxylic acid groups (broad SMARTS) is 1. The summed E-state index contributed by atoms with van der Waals surface area (Å²) in [7, 11) is 0. The molecule has 72 valence electrons. The summed E-state index contributed by atoms with van der Waals surface area (Å²) >= 11 is 0. The van der Waals surface area contributed by atoms with Gasteiger partial charge in [0.1, 0.15) is 5.76 Å². The van der Waals surface area contributed by atoms with E-state index < -0.39 is 5.97 Å². The van der Waals surface area contributed by atoms with Crippen molar-refractivity contribution in [2.75, 3.05) is 6.54 Å². The number of rotatable bonds is 5. The summed E-state index contributed by atoms with van der Waals surface area (Å²) < 4.78 is 5.03. The van der Waals surface area contributed by atoms with Crippen molar-refractivity contribution < 1.29 is 14.3 Å². The lowest BCUT2D eigenvalue weighted by Gasteiger charge is -1.97. The van der Waals surface area contributed by atoms with E-state index in [1.165, 1.54) is 6.07 Å². The summed E-state index contributed by atoms with van der Waals surface area (Å²) in [5.74, 6) is -0.374. The molecule has 0 aliphatic carbocycles. The molecule has 13 heavy (non-hydrogen) atoms. The van der Waals surface area contributed by atoms with Gasteiger partial charge in [-0.1, -0.05) is 6.92 Å². The van der Waals surface area contributed by atoms with Crippen LogP contribution in [-0.2, 0) is 6.54 Å². The van der Waals surface area contributed by atoms with Gasteiger partial charge in [-0.15, -0.1) is 0 Å². The van der Waals surface area contributed by atoms with Gasteiger partial charge in [-0.05, 0) is 25.1 Å². The lowest BCUT2D eigenvalue weighted by atomic mass is 10.4. The van der Waals surface area contributed by atoms with E-state index >= 15 is 0 Å². The van der Waals surface area contributed by atoms with Gasteiger partial charge in [-0.2, -0.15) is 0 Å². The van der Waals surface area contributed by atoms with Crippen molar-refractivity contribution in [1.82, 2.24) is 5.32 Å². The minimum atomic E-state index is -1.03. The first-order valence-corrected chi connectivity index (χ1v) is 4.26. The molecule has 0 saturated heterocycles. The Balaban J connectivity index is 2.44. The Morgan fingerprint density at radius 3 is 2.92 bits per heavy atom. The fraction of sp³-hybridized carbons (Fsp3) is 0.444. The molecule has 1 aromatic rings. The van der Waals surface area contributed by atoms with Crippen LogP contribution < -0.4 is 5.32 Å². The van der Waals surface area contributed by atoms with E-state index in [0.717, 1.165) is 13.0 Å². The third-order valence-electron chi connectivity index (χ3n) is 1.60. The molecule has 1 rings (SSSR count). The summed E-state index contributed by atoms with van der Waals surface area (Å²) in [4.78, 5) is 10.4. The molecule has 1 aromatic heterocycles. The maximum Gasteiger partial charge on any atom is 0.371 e. The van der Waals surface area contributed by atoms with E-state index in [2.05, 4.69) is 12.2 Å². The van der Waals surface area contributed by atoms with Gasteiger partial charge in [0.2, 0.25) is 5.76 Å². The molecule has 0 aliphatic rings. The largest absolute Gasteiger partial charge is 0.475 e. The van der Waals surface area contributed by atoms with Gasteiger partial charge in [0, 0.05) is 0 Å². The van der Waals surface area contributed by atoms with Gasteiger partial charge in [-0.3, -0.25) is 0 Å². The molecule has 4 heteroatoms. The highest BCUT2D eigenvalue weighted by Crippen LogP contribution is 2.06. The molecule has 0 atom stereocenters. The minimum absolute atomic E-state index is 0.00621. The second-order valence-corrected chi connectivity index (χ2v) is 2.75. The molecule has 0 bridgehead atoms. The molecule has 1 heterocycles. The first-order valence-electron chi connectivity index (χ1n) is 4.26. The first kappa shape index (κ1) is 9.80. The van der Waals surface area contributed by atoms with Crippen LogP contribution in [0.3, 0.4) is 0 Å². The van der Waals surface area contributed by atoms with Crippen molar-refractivity contribution in [3.8, 4) is 0 Å². The predicted molar refractivity (Wildman–Crippen MR) is 47.7 cm³/mol. The molecule has 0 fully saturated rings. The number of furan rings is 1. The minimum Gasteiger partial charge on any atom is -0.475 e. The van der Waals surface area contributed by atoms with E-state index in [-0.39, 0.29) is 5.76 Å². The van der Waals surface area contributed by atoms with Crippen LogP contribution in [-0.4, -0.2) is 17.6 Å². The standard InChI is InChI=1S/C9H13NO3/c1-2-5-10-6-7-3-4-8(13-7)9(11)12/h3-4,10H,2,5-6H2,1H3,(H,11,12). The second-order valence-electron chi connectivity index (χ2n) is 2.75. The van der Waals surface area contributed by atoms with Crippen molar-refractivity contribution >= 4 is 5.97 Å². The van der Waals surface area contributed by atoms with Gasteiger partial charge in [0.25, 0.3) is 0 Å². The SMILES string of the molecule is CCCNCc1ccc(C(=O)O)o1. The normalized spacial score (nSPS) is 10.2. The van der Waals surface area contributed by atoms with Gasteiger partial charge >= 0.3 is 5.97 Å². The summed E-state index contributed by atoms with van der Waals surface area (Å²) in [5.41, 5.74) is 0. The molecule has 0 radical (unpaired) electrons. The summed E-state index contributed by atoms with van der Waals surface area (Å²) in [5, 5.41) is 11.7. The summed E-state index contributed by atoms with van der Waals surface area (Å²) in [6, 6.07) is 3.14. The van der Waals surface area contributed by atoms with Crippen molar-refractivity contribution in [2.24, 2.45) is 0 Å². The maximum absolute atomic E-state index is 10.4. The molecule has 2 N–H and O–H groups in total. The maximum atomic E-state index is 10.4. The van der Waals surface area contributed by atoms with Gasteiger partial charge in [0.15, 0.2) is 0 Å². The zero-order valence-corrected chi connectivity index (χ0v) is 7.54. The smallest absolute Gasteiger partial charge is 0.371 e. The Bertz CT molecular complexity index is 280. The van der Waals surface area contributed by atoms with Crippen LogP contribution in [0.15, 0.2) is 16.5 Å². The second kappa shape index (κ2) is 4.67. The molecule has 0 aromatic carbocycles. The van der Waals surface area contributed by atoms with Crippen LogP contribution in [0.2, 0.25) is 0 Å². The monoisotopic (exact) mass is 183 g/mol. The molecule has 4 nitrogen and oxygen atoms in total. The third-order valence-corrected chi connectivity index (χ3v) is 1.60. The zero-order valence-electron chi connectivity index (χ0n) is 7.54. The molecule has 0 saturated carbocycles. The zero-order chi connectivity index (χ0) is 9.68. The Hall–Kier alpha value is -1.29. The fourth-order valence-electron chi connectivity index (χ4n) is 0.976.